The molecule has 1 nitrogen and oxygen atoms in total. The molecule has 0 aliphatic carbocycles. The Kier molecular flexibility index (Phi) is 9.96. The molecule has 3 heteroatoms. The summed E-state index contributed by atoms with van der Waals surface area (Å²) in [6.45, 7) is 3.02. The van der Waals surface area contributed by atoms with E-state index in [1.807, 2.05) is 18.2 Å². The molecule has 1 aromatic rings. The average molecular weight is 317 g/mol. The third kappa shape index (κ3) is 7.40. The SMILES string of the molecule is CCCCCCCCCCOc1ccc(Cl)cc1CCl. The molecule has 20 heavy (non-hydrogen) atoms. The van der Waals surface area contributed by atoms with E-state index in [-0.39, 0.29) is 0 Å². The molecule has 0 bridgehead atoms. The second kappa shape index (κ2) is 11.3. The maximum Gasteiger partial charge on any atom is 0.123 e. The van der Waals surface area contributed by atoms with Crippen LogP contribution in [0.4, 0.5) is 0 Å². The van der Waals surface area contributed by atoms with Crippen molar-refractivity contribution in [2.75, 3.05) is 6.61 Å². The molecule has 0 aromatic heterocycles. The Labute approximate surface area is 133 Å². The fourth-order valence-corrected chi connectivity index (χ4v) is 2.61. The molecular weight excluding hydrogens is 291 g/mol. The van der Waals surface area contributed by atoms with Crippen molar-refractivity contribution in [2.45, 2.75) is 64.2 Å². The molecule has 0 spiro atoms. The Morgan fingerprint density at radius 3 is 2.25 bits per heavy atom. The Morgan fingerprint density at radius 2 is 1.60 bits per heavy atom. The van der Waals surface area contributed by atoms with E-state index in [1.165, 1.54) is 44.9 Å². The van der Waals surface area contributed by atoms with E-state index in [0.29, 0.717) is 10.9 Å². The molecule has 0 radical (unpaired) electrons. The van der Waals surface area contributed by atoms with Crippen LogP contribution in [0.25, 0.3) is 0 Å². The third-order valence-electron chi connectivity index (χ3n) is 3.42. The second-order valence-electron chi connectivity index (χ2n) is 5.21. The highest BCUT2D eigenvalue weighted by Gasteiger charge is 2.03. The van der Waals surface area contributed by atoms with Crippen molar-refractivity contribution in [1.29, 1.82) is 0 Å². The molecule has 0 fully saturated rings. The molecule has 1 aromatic carbocycles. The van der Waals surface area contributed by atoms with Gasteiger partial charge in [0.1, 0.15) is 5.75 Å². The second-order valence-corrected chi connectivity index (χ2v) is 5.91. The molecule has 0 aliphatic rings. The number of benzene rings is 1. The first kappa shape index (κ1) is 17.7. The number of ether oxygens (including phenoxy) is 1. The molecule has 0 atom stereocenters. The normalized spacial score (nSPS) is 10.8. The Morgan fingerprint density at radius 1 is 0.950 bits per heavy atom. The summed E-state index contributed by atoms with van der Waals surface area (Å²) in [5.74, 6) is 1.31. The van der Waals surface area contributed by atoms with Gasteiger partial charge in [-0.1, -0.05) is 63.5 Å². The van der Waals surface area contributed by atoms with Crippen molar-refractivity contribution in [3.05, 3.63) is 28.8 Å². The summed E-state index contributed by atoms with van der Waals surface area (Å²) >= 11 is 11.8. The molecule has 0 saturated carbocycles. The summed E-state index contributed by atoms with van der Waals surface area (Å²) < 4.78 is 5.79. The molecule has 0 N–H and O–H groups in total. The van der Waals surface area contributed by atoms with Crippen LogP contribution in [0.15, 0.2) is 18.2 Å². The van der Waals surface area contributed by atoms with Crippen molar-refractivity contribution in [2.24, 2.45) is 0 Å². The number of rotatable bonds is 11. The molecular formula is C17H26Cl2O. The van der Waals surface area contributed by atoms with Gasteiger partial charge < -0.3 is 4.74 Å². The van der Waals surface area contributed by atoms with Gasteiger partial charge >= 0.3 is 0 Å². The van der Waals surface area contributed by atoms with Crippen molar-refractivity contribution >= 4 is 23.2 Å². The summed E-state index contributed by atoms with van der Waals surface area (Å²) in [5, 5.41) is 0.708. The minimum absolute atomic E-state index is 0.438. The summed E-state index contributed by atoms with van der Waals surface area (Å²) in [5.41, 5.74) is 0.971. The van der Waals surface area contributed by atoms with E-state index in [0.717, 1.165) is 24.3 Å². The van der Waals surface area contributed by atoms with Gasteiger partial charge in [0.2, 0.25) is 0 Å². The Balaban J connectivity index is 2.09. The van der Waals surface area contributed by atoms with Crippen molar-refractivity contribution < 1.29 is 4.74 Å². The summed E-state index contributed by atoms with van der Waals surface area (Å²) in [6.07, 6.45) is 10.5. The zero-order valence-corrected chi connectivity index (χ0v) is 14.0. The van der Waals surface area contributed by atoms with Crippen LogP contribution in [0.2, 0.25) is 5.02 Å². The van der Waals surface area contributed by atoms with Gasteiger partial charge in [-0.25, -0.2) is 0 Å². The predicted molar refractivity (Wildman–Crippen MR) is 89.1 cm³/mol. The number of hydrogen-bond donors (Lipinski definition) is 0. The van der Waals surface area contributed by atoms with E-state index in [9.17, 15) is 0 Å². The minimum Gasteiger partial charge on any atom is -0.493 e. The molecule has 1 rings (SSSR count). The van der Waals surface area contributed by atoms with Crippen molar-refractivity contribution in [1.82, 2.24) is 0 Å². The predicted octanol–water partition coefficient (Wildman–Crippen LogP) is 6.60. The molecule has 0 amide bonds. The van der Waals surface area contributed by atoms with E-state index < -0.39 is 0 Å². The highest BCUT2D eigenvalue weighted by molar-refractivity contribution is 6.30. The smallest absolute Gasteiger partial charge is 0.123 e. The highest BCUT2D eigenvalue weighted by Crippen LogP contribution is 2.24. The topological polar surface area (TPSA) is 9.23 Å². The van der Waals surface area contributed by atoms with Crippen LogP contribution in [0.5, 0.6) is 5.75 Å². The van der Waals surface area contributed by atoms with Gasteiger partial charge in [0.15, 0.2) is 0 Å². The quantitative estimate of drug-likeness (QED) is 0.330. The molecule has 0 aliphatic heterocycles. The maximum atomic E-state index is 5.94. The van der Waals surface area contributed by atoms with Crippen LogP contribution in [0, 0.1) is 0 Å². The fraction of sp³-hybridized carbons (Fsp3) is 0.647. The molecule has 0 unspecified atom stereocenters. The van der Waals surface area contributed by atoms with Crippen LogP contribution in [0.1, 0.15) is 63.9 Å². The van der Waals surface area contributed by atoms with E-state index >= 15 is 0 Å². The number of halogens is 2. The van der Waals surface area contributed by atoms with Crippen LogP contribution >= 0.6 is 23.2 Å². The highest BCUT2D eigenvalue weighted by atomic mass is 35.5. The zero-order valence-electron chi connectivity index (χ0n) is 12.5. The van der Waals surface area contributed by atoms with Gasteiger partial charge in [-0.3, -0.25) is 0 Å². The van der Waals surface area contributed by atoms with Gasteiger partial charge in [0.05, 0.1) is 12.5 Å². The minimum atomic E-state index is 0.438. The van der Waals surface area contributed by atoms with Crippen LogP contribution in [-0.4, -0.2) is 6.61 Å². The van der Waals surface area contributed by atoms with Gasteiger partial charge in [0.25, 0.3) is 0 Å². The third-order valence-corrected chi connectivity index (χ3v) is 3.94. The van der Waals surface area contributed by atoms with Crippen LogP contribution < -0.4 is 4.74 Å². The lowest BCUT2D eigenvalue weighted by Crippen LogP contribution is -1.99. The number of unbranched alkanes of at least 4 members (excludes halogenated alkanes) is 7. The Bertz CT molecular complexity index is 366. The summed E-state index contributed by atoms with van der Waals surface area (Å²) in [6, 6.07) is 5.63. The first-order valence-corrected chi connectivity index (χ1v) is 8.66. The monoisotopic (exact) mass is 316 g/mol. The zero-order chi connectivity index (χ0) is 14.6. The van der Waals surface area contributed by atoms with Gasteiger partial charge in [-0.15, -0.1) is 11.6 Å². The lowest BCUT2D eigenvalue weighted by atomic mass is 10.1. The first-order valence-electron chi connectivity index (χ1n) is 7.75. The molecule has 114 valence electrons. The van der Waals surface area contributed by atoms with Crippen LogP contribution in [-0.2, 0) is 5.88 Å². The van der Waals surface area contributed by atoms with E-state index in [4.69, 9.17) is 27.9 Å². The Hall–Kier alpha value is -0.400. The summed E-state index contributed by atoms with van der Waals surface area (Å²) in [7, 11) is 0. The van der Waals surface area contributed by atoms with Crippen molar-refractivity contribution in [3.63, 3.8) is 0 Å². The maximum absolute atomic E-state index is 5.94. The standard InChI is InChI=1S/C17H26Cl2O/c1-2-3-4-5-6-7-8-9-12-20-17-11-10-16(19)13-15(17)14-18/h10-11,13H,2-9,12,14H2,1H3. The van der Waals surface area contributed by atoms with Gasteiger partial charge in [0, 0.05) is 10.6 Å². The van der Waals surface area contributed by atoms with E-state index in [2.05, 4.69) is 6.92 Å². The van der Waals surface area contributed by atoms with Crippen LogP contribution in [0.3, 0.4) is 0 Å². The van der Waals surface area contributed by atoms with E-state index in [1.54, 1.807) is 0 Å². The lowest BCUT2D eigenvalue weighted by Gasteiger charge is -2.10. The number of hydrogen-bond acceptors (Lipinski definition) is 1. The fourth-order valence-electron chi connectivity index (χ4n) is 2.21. The molecule has 0 heterocycles. The largest absolute Gasteiger partial charge is 0.493 e. The lowest BCUT2D eigenvalue weighted by molar-refractivity contribution is 0.302. The van der Waals surface area contributed by atoms with Gasteiger partial charge in [-0.05, 0) is 24.6 Å². The van der Waals surface area contributed by atoms with Gasteiger partial charge in [-0.2, -0.15) is 0 Å². The molecule has 0 saturated heterocycles. The summed E-state index contributed by atoms with van der Waals surface area (Å²) in [4.78, 5) is 0. The first-order chi connectivity index (χ1) is 9.77. The number of alkyl halides is 1. The van der Waals surface area contributed by atoms with Crippen molar-refractivity contribution in [3.8, 4) is 5.75 Å². The average Bonchev–Trinajstić information content (AvgIpc) is 2.46.